The van der Waals surface area contributed by atoms with Gasteiger partial charge in [-0.1, -0.05) is 54.6 Å². The van der Waals surface area contributed by atoms with Crippen molar-refractivity contribution in [1.29, 1.82) is 0 Å². The number of hydrogen-bond acceptors (Lipinski definition) is 7. The molecule has 1 aliphatic rings. The monoisotopic (exact) mass is 481 g/mol. The highest BCUT2D eigenvalue weighted by molar-refractivity contribution is 8.18. The Morgan fingerprint density at radius 3 is 2.21 bits per heavy atom. The third-order valence-corrected chi connectivity index (χ3v) is 6.79. The number of hydrogen-bond donors (Lipinski definition) is 0. The van der Waals surface area contributed by atoms with Crippen LogP contribution in [0.2, 0.25) is 0 Å². The molecule has 4 rings (SSSR count). The predicted molar refractivity (Wildman–Crippen MR) is 125 cm³/mol. The summed E-state index contributed by atoms with van der Waals surface area (Å²) in [7, 11) is -4.06. The van der Waals surface area contributed by atoms with E-state index in [1.165, 1.54) is 24.3 Å². The van der Waals surface area contributed by atoms with Crippen LogP contribution >= 0.6 is 11.8 Å². The highest BCUT2D eigenvalue weighted by atomic mass is 32.2. The molecule has 33 heavy (non-hydrogen) atoms. The summed E-state index contributed by atoms with van der Waals surface area (Å²) in [6.07, 6.45) is 1.46. The van der Waals surface area contributed by atoms with E-state index in [9.17, 15) is 18.0 Å². The van der Waals surface area contributed by atoms with Gasteiger partial charge in [-0.3, -0.25) is 14.5 Å². The lowest BCUT2D eigenvalue weighted by molar-refractivity contribution is -0.123. The third-order valence-electron chi connectivity index (χ3n) is 4.64. The largest absolute Gasteiger partial charge is 0.492 e. The van der Waals surface area contributed by atoms with Crippen molar-refractivity contribution in [3.63, 3.8) is 0 Å². The number of imide groups is 1. The highest BCUT2D eigenvalue weighted by Crippen LogP contribution is 2.34. The number of nitrogens with zero attached hydrogens (tertiary/aromatic N) is 1. The average Bonchev–Trinajstić information content (AvgIpc) is 3.09. The lowest BCUT2D eigenvalue weighted by atomic mass is 10.2. The van der Waals surface area contributed by atoms with Gasteiger partial charge in [-0.15, -0.1) is 0 Å². The molecule has 0 N–H and O–H groups in total. The van der Waals surface area contributed by atoms with E-state index in [0.29, 0.717) is 11.3 Å². The van der Waals surface area contributed by atoms with Gasteiger partial charge in [0.15, 0.2) is 0 Å². The van der Waals surface area contributed by atoms with Gasteiger partial charge in [-0.05, 0) is 48.2 Å². The van der Waals surface area contributed by atoms with Crippen LogP contribution in [0.5, 0.6) is 11.5 Å². The van der Waals surface area contributed by atoms with E-state index in [2.05, 4.69) is 0 Å². The number of benzene rings is 3. The molecule has 0 unspecified atom stereocenters. The predicted octanol–water partition coefficient (Wildman–Crippen LogP) is 4.57. The Morgan fingerprint density at radius 2 is 1.48 bits per heavy atom. The minimum absolute atomic E-state index is 0.0125. The molecule has 0 spiro atoms. The Labute approximate surface area is 195 Å². The Bertz CT molecular complexity index is 1290. The smallest absolute Gasteiger partial charge is 0.339 e. The van der Waals surface area contributed by atoms with Gasteiger partial charge in [-0.2, -0.15) is 8.42 Å². The van der Waals surface area contributed by atoms with Crippen LogP contribution in [0.1, 0.15) is 5.56 Å². The van der Waals surface area contributed by atoms with Crippen molar-refractivity contribution in [2.24, 2.45) is 0 Å². The summed E-state index contributed by atoms with van der Waals surface area (Å²) >= 11 is 0.784. The van der Waals surface area contributed by atoms with Crippen molar-refractivity contribution in [1.82, 2.24) is 4.90 Å². The molecule has 1 aliphatic heterocycles. The molecule has 0 atom stereocenters. The maximum absolute atomic E-state index is 12.8. The van der Waals surface area contributed by atoms with Crippen LogP contribution in [0.15, 0.2) is 94.7 Å². The van der Waals surface area contributed by atoms with Gasteiger partial charge < -0.3 is 8.92 Å². The molecular formula is C24H19NO6S2. The minimum Gasteiger partial charge on any atom is -0.492 e. The summed E-state index contributed by atoms with van der Waals surface area (Å²) in [4.78, 5) is 26.4. The van der Waals surface area contributed by atoms with E-state index < -0.39 is 21.3 Å². The third kappa shape index (κ3) is 5.44. The molecule has 1 heterocycles. The molecule has 2 amide bonds. The van der Waals surface area contributed by atoms with Crippen molar-refractivity contribution in [3.05, 3.63) is 95.4 Å². The van der Waals surface area contributed by atoms with Gasteiger partial charge in [0.05, 0.1) is 11.4 Å². The second-order valence-electron chi connectivity index (χ2n) is 6.88. The number of ether oxygens (including phenoxy) is 1. The molecule has 168 valence electrons. The van der Waals surface area contributed by atoms with Gasteiger partial charge in [0.2, 0.25) is 0 Å². The zero-order valence-corrected chi connectivity index (χ0v) is 18.9. The summed E-state index contributed by atoms with van der Waals surface area (Å²) < 4.78 is 36.1. The summed E-state index contributed by atoms with van der Waals surface area (Å²) in [5, 5.41) is -0.418. The number of thioether (sulfide) groups is 1. The molecule has 1 fully saturated rings. The Morgan fingerprint density at radius 1 is 0.848 bits per heavy atom. The molecule has 9 heteroatoms. The number of amides is 2. The maximum Gasteiger partial charge on any atom is 0.339 e. The average molecular weight is 482 g/mol. The summed E-state index contributed by atoms with van der Waals surface area (Å²) in [5.41, 5.74) is 0.364. The first-order chi connectivity index (χ1) is 15.9. The Balaban J connectivity index is 1.49. The van der Waals surface area contributed by atoms with Crippen molar-refractivity contribution < 1.29 is 26.9 Å². The van der Waals surface area contributed by atoms with Crippen molar-refractivity contribution >= 4 is 39.1 Å². The SMILES string of the molecule is O=C1S/C(=C\c2ccccc2OS(=O)(=O)c2ccccc2)C(=O)N1CCOc1ccccc1. The van der Waals surface area contributed by atoms with Crippen LogP contribution in [-0.2, 0) is 14.9 Å². The normalized spacial score (nSPS) is 15.2. The zero-order chi connectivity index (χ0) is 23.3. The van der Waals surface area contributed by atoms with E-state index in [0.717, 1.165) is 16.7 Å². The van der Waals surface area contributed by atoms with E-state index in [1.54, 1.807) is 48.5 Å². The fourth-order valence-electron chi connectivity index (χ4n) is 3.03. The van der Waals surface area contributed by atoms with E-state index >= 15 is 0 Å². The van der Waals surface area contributed by atoms with Gasteiger partial charge >= 0.3 is 10.1 Å². The molecule has 3 aromatic carbocycles. The molecule has 0 aliphatic carbocycles. The fraction of sp³-hybridized carbons (Fsp3) is 0.0833. The minimum atomic E-state index is -4.06. The van der Waals surface area contributed by atoms with Crippen LogP contribution in [0.4, 0.5) is 4.79 Å². The van der Waals surface area contributed by atoms with Gasteiger partial charge in [0.25, 0.3) is 11.1 Å². The molecule has 0 radical (unpaired) electrons. The van der Waals surface area contributed by atoms with E-state index in [4.69, 9.17) is 8.92 Å². The second-order valence-corrected chi connectivity index (χ2v) is 9.42. The topological polar surface area (TPSA) is 90.0 Å². The lowest BCUT2D eigenvalue weighted by Gasteiger charge is -2.13. The number of rotatable bonds is 8. The Hall–Kier alpha value is -3.56. The van der Waals surface area contributed by atoms with Crippen LogP contribution in [0.3, 0.4) is 0 Å². The van der Waals surface area contributed by atoms with E-state index in [-0.39, 0.29) is 28.7 Å². The van der Waals surface area contributed by atoms with Crippen molar-refractivity contribution in [2.75, 3.05) is 13.2 Å². The first kappa shape index (κ1) is 22.6. The van der Waals surface area contributed by atoms with Crippen LogP contribution in [0.25, 0.3) is 6.08 Å². The number of carbonyl (C=O) groups is 2. The molecule has 3 aromatic rings. The maximum atomic E-state index is 12.8. The molecule has 1 saturated heterocycles. The quantitative estimate of drug-likeness (QED) is 0.344. The molecule has 0 aromatic heterocycles. The molecule has 7 nitrogen and oxygen atoms in total. The van der Waals surface area contributed by atoms with Crippen molar-refractivity contribution in [2.45, 2.75) is 4.90 Å². The summed E-state index contributed by atoms with van der Waals surface area (Å²) in [5.74, 6) is 0.230. The first-order valence-corrected chi connectivity index (χ1v) is 12.2. The highest BCUT2D eigenvalue weighted by Gasteiger charge is 2.35. The first-order valence-electron chi connectivity index (χ1n) is 9.96. The fourth-order valence-corrected chi connectivity index (χ4v) is 4.87. The van der Waals surface area contributed by atoms with Gasteiger partial charge in [0.1, 0.15) is 23.0 Å². The summed E-state index contributed by atoms with van der Waals surface area (Å²) in [6, 6.07) is 23.3. The second kappa shape index (κ2) is 9.93. The van der Waals surface area contributed by atoms with Gasteiger partial charge in [0, 0.05) is 5.56 Å². The standard InChI is InChI=1S/C24H19NO6S2/c26-23-22(32-24(27)25(23)15-16-30-19-10-3-1-4-11-19)17-18-9-7-8-14-21(18)31-33(28,29)20-12-5-2-6-13-20/h1-14,17H,15-16H2/b22-17-. The number of carbonyl (C=O) groups excluding carboxylic acids is 2. The number of para-hydroxylation sites is 2. The van der Waals surface area contributed by atoms with E-state index in [1.807, 2.05) is 18.2 Å². The van der Waals surface area contributed by atoms with Gasteiger partial charge in [-0.25, -0.2) is 0 Å². The lowest BCUT2D eigenvalue weighted by Crippen LogP contribution is -2.32. The van der Waals surface area contributed by atoms with Crippen LogP contribution in [0, 0.1) is 0 Å². The molecular weight excluding hydrogens is 462 g/mol. The molecule has 0 saturated carbocycles. The zero-order valence-electron chi connectivity index (χ0n) is 17.3. The molecule has 0 bridgehead atoms. The van der Waals surface area contributed by atoms with Crippen LogP contribution in [-0.4, -0.2) is 37.6 Å². The summed E-state index contributed by atoms with van der Waals surface area (Å²) in [6.45, 7) is 0.252. The van der Waals surface area contributed by atoms with Crippen molar-refractivity contribution in [3.8, 4) is 11.5 Å². The van der Waals surface area contributed by atoms with Crippen LogP contribution < -0.4 is 8.92 Å². The Kier molecular flexibility index (Phi) is 6.81.